The van der Waals surface area contributed by atoms with Crippen molar-refractivity contribution in [1.29, 1.82) is 0 Å². The molecule has 22 heavy (non-hydrogen) atoms. The summed E-state index contributed by atoms with van der Waals surface area (Å²) in [5, 5.41) is 8.92. The summed E-state index contributed by atoms with van der Waals surface area (Å²) < 4.78 is 0. The minimum absolute atomic E-state index is 0.316. The Morgan fingerprint density at radius 1 is 1.41 bits per heavy atom. The zero-order valence-corrected chi connectivity index (χ0v) is 14.9. The maximum atomic E-state index is 10.8. The van der Waals surface area contributed by atoms with Crippen molar-refractivity contribution in [2.24, 2.45) is 22.7 Å². The van der Waals surface area contributed by atoms with E-state index in [1.165, 1.54) is 31.8 Å². The Bertz CT molecular complexity index is 502. The zero-order valence-electron chi connectivity index (χ0n) is 14.9. The lowest BCUT2D eigenvalue weighted by atomic mass is 9.47. The van der Waals surface area contributed by atoms with Gasteiger partial charge in [0.2, 0.25) is 0 Å². The van der Waals surface area contributed by atoms with Crippen LogP contribution in [-0.2, 0) is 4.79 Å². The molecule has 124 valence electrons. The third kappa shape index (κ3) is 3.02. The topological polar surface area (TPSA) is 37.3 Å². The molecule has 0 aliphatic heterocycles. The van der Waals surface area contributed by atoms with Gasteiger partial charge in [-0.15, -0.1) is 0 Å². The van der Waals surface area contributed by atoms with Crippen molar-refractivity contribution in [1.82, 2.24) is 0 Å². The molecule has 1 saturated carbocycles. The third-order valence-corrected chi connectivity index (χ3v) is 7.02. The molecule has 2 heteroatoms. The van der Waals surface area contributed by atoms with Crippen molar-refractivity contribution in [3.8, 4) is 0 Å². The summed E-state index contributed by atoms with van der Waals surface area (Å²) in [6, 6.07) is 0. The smallest absolute Gasteiger partial charge is 0.328 e. The lowest BCUT2D eigenvalue weighted by molar-refractivity contribution is -0.131. The molecule has 2 aliphatic rings. The number of carboxylic acids is 1. The summed E-state index contributed by atoms with van der Waals surface area (Å²) in [5.41, 5.74) is 3.25. The number of allylic oxidation sites excluding steroid dienone is 3. The van der Waals surface area contributed by atoms with E-state index in [0.29, 0.717) is 16.7 Å². The fourth-order valence-electron chi connectivity index (χ4n) is 5.08. The van der Waals surface area contributed by atoms with Gasteiger partial charge in [0.15, 0.2) is 0 Å². The molecular weight excluding hydrogens is 272 g/mol. The van der Waals surface area contributed by atoms with E-state index in [4.69, 9.17) is 5.11 Å². The van der Waals surface area contributed by atoms with Crippen LogP contribution in [0.25, 0.3) is 0 Å². The molecule has 0 saturated heterocycles. The number of hydrogen-bond acceptors (Lipinski definition) is 1. The van der Waals surface area contributed by atoms with E-state index in [0.717, 1.165) is 24.3 Å². The van der Waals surface area contributed by atoms with Crippen molar-refractivity contribution < 1.29 is 9.90 Å². The van der Waals surface area contributed by atoms with Gasteiger partial charge in [-0.05, 0) is 75.0 Å². The first-order valence-corrected chi connectivity index (χ1v) is 8.77. The Balaban J connectivity index is 2.22. The molecule has 0 bridgehead atoms. The predicted molar refractivity (Wildman–Crippen MR) is 91.7 cm³/mol. The fraction of sp³-hybridized carbons (Fsp3) is 0.750. The van der Waals surface area contributed by atoms with Gasteiger partial charge in [-0.3, -0.25) is 0 Å². The van der Waals surface area contributed by atoms with Crippen molar-refractivity contribution in [2.45, 2.75) is 73.1 Å². The van der Waals surface area contributed by atoms with Crippen molar-refractivity contribution in [2.75, 3.05) is 0 Å². The first-order chi connectivity index (χ1) is 10.2. The molecule has 0 heterocycles. The van der Waals surface area contributed by atoms with E-state index in [2.05, 4.69) is 33.8 Å². The van der Waals surface area contributed by atoms with Crippen LogP contribution in [0.3, 0.4) is 0 Å². The van der Waals surface area contributed by atoms with Gasteiger partial charge in [-0.2, -0.15) is 0 Å². The number of carboxylic acid groups (broad SMARTS) is 1. The molecule has 0 aromatic carbocycles. The molecule has 0 aromatic rings. The molecule has 0 spiro atoms. The molecular formula is C20H32O2. The second-order valence-electron chi connectivity index (χ2n) is 8.21. The summed E-state index contributed by atoms with van der Waals surface area (Å²) in [5.74, 6) is 0.626. The van der Waals surface area contributed by atoms with Gasteiger partial charge in [0.25, 0.3) is 0 Å². The highest BCUT2D eigenvalue weighted by Crippen LogP contribution is 2.61. The molecule has 4 atom stereocenters. The van der Waals surface area contributed by atoms with Crippen LogP contribution in [0, 0.1) is 22.7 Å². The van der Waals surface area contributed by atoms with Crippen LogP contribution in [0.1, 0.15) is 73.1 Å². The highest BCUT2D eigenvalue weighted by molar-refractivity contribution is 5.80. The van der Waals surface area contributed by atoms with E-state index in [9.17, 15) is 4.79 Å². The molecule has 0 radical (unpaired) electrons. The highest BCUT2D eigenvalue weighted by Gasteiger charge is 2.52. The number of carbonyl (C=O) groups is 1. The lowest BCUT2D eigenvalue weighted by Crippen LogP contribution is -2.49. The molecule has 2 rings (SSSR count). The first-order valence-electron chi connectivity index (χ1n) is 8.77. The van der Waals surface area contributed by atoms with Crippen LogP contribution in [0.15, 0.2) is 23.3 Å². The van der Waals surface area contributed by atoms with Gasteiger partial charge in [0.05, 0.1) is 0 Å². The highest BCUT2D eigenvalue weighted by atomic mass is 16.4. The number of aliphatic carboxylic acids is 1. The van der Waals surface area contributed by atoms with Gasteiger partial charge in [-0.25, -0.2) is 4.79 Å². The predicted octanol–water partition coefficient (Wildman–Crippen LogP) is 5.60. The summed E-state index contributed by atoms with van der Waals surface area (Å²) in [6.45, 7) is 11.6. The standard InChI is InChI=1S/C20H32O2/c1-14(13-18(21)22)9-11-19(4)16(3)10-12-20(5)15(2)7-6-8-17(19)20/h7,13,16-17H,6,8-12H2,1-5H3,(H,21,22)/b14-13-/t16-,17-,19+,20+/m1/s1. The number of hydrogen-bond donors (Lipinski definition) is 1. The van der Waals surface area contributed by atoms with Crippen LogP contribution in [0.2, 0.25) is 0 Å². The van der Waals surface area contributed by atoms with Gasteiger partial charge < -0.3 is 5.11 Å². The second kappa shape index (κ2) is 6.22. The molecule has 0 unspecified atom stereocenters. The molecule has 0 amide bonds. The first kappa shape index (κ1) is 17.3. The Hall–Kier alpha value is -1.05. The minimum atomic E-state index is -0.819. The van der Waals surface area contributed by atoms with Crippen molar-refractivity contribution in [3.05, 3.63) is 23.3 Å². The number of rotatable bonds is 4. The van der Waals surface area contributed by atoms with Crippen molar-refractivity contribution in [3.63, 3.8) is 0 Å². The molecule has 1 fully saturated rings. The summed E-state index contributed by atoms with van der Waals surface area (Å²) in [6.07, 6.45) is 10.9. The van der Waals surface area contributed by atoms with Crippen molar-refractivity contribution >= 4 is 5.97 Å². The summed E-state index contributed by atoms with van der Waals surface area (Å²) in [7, 11) is 0. The van der Waals surface area contributed by atoms with E-state index < -0.39 is 5.97 Å². The third-order valence-electron chi connectivity index (χ3n) is 7.02. The van der Waals surface area contributed by atoms with Crippen LogP contribution in [0.5, 0.6) is 0 Å². The summed E-state index contributed by atoms with van der Waals surface area (Å²) >= 11 is 0. The Labute approximate surface area is 135 Å². The quantitative estimate of drug-likeness (QED) is 0.542. The lowest BCUT2D eigenvalue weighted by Gasteiger charge is -2.58. The van der Waals surface area contributed by atoms with Gasteiger partial charge in [0.1, 0.15) is 0 Å². The van der Waals surface area contributed by atoms with E-state index >= 15 is 0 Å². The minimum Gasteiger partial charge on any atom is -0.478 e. The largest absolute Gasteiger partial charge is 0.478 e. The van der Waals surface area contributed by atoms with E-state index in [-0.39, 0.29) is 0 Å². The van der Waals surface area contributed by atoms with E-state index in [1.54, 1.807) is 5.57 Å². The molecule has 0 aromatic heterocycles. The summed E-state index contributed by atoms with van der Waals surface area (Å²) in [4.78, 5) is 10.8. The maximum absolute atomic E-state index is 10.8. The van der Waals surface area contributed by atoms with Crippen LogP contribution >= 0.6 is 0 Å². The fourth-order valence-corrected chi connectivity index (χ4v) is 5.08. The average Bonchev–Trinajstić information content (AvgIpc) is 2.43. The van der Waals surface area contributed by atoms with Gasteiger partial charge in [0, 0.05) is 6.08 Å². The van der Waals surface area contributed by atoms with Crippen LogP contribution in [-0.4, -0.2) is 11.1 Å². The molecule has 1 N–H and O–H groups in total. The van der Waals surface area contributed by atoms with Crippen LogP contribution < -0.4 is 0 Å². The monoisotopic (exact) mass is 304 g/mol. The zero-order chi connectivity index (χ0) is 16.5. The Morgan fingerprint density at radius 3 is 2.73 bits per heavy atom. The van der Waals surface area contributed by atoms with Gasteiger partial charge >= 0.3 is 5.97 Å². The normalized spacial score (nSPS) is 39.1. The second-order valence-corrected chi connectivity index (χ2v) is 8.21. The van der Waals surface area contributed by atoms with E-state index in [1.807, 2.05) is 6.92 Å². The Kier molecular flexibility index (Phi) is 4.89. The number of fused-ring (bicyclic) bond motifs is 1. The average molecular weight is 304 g/mol. The molecule has 2 nitrogen and oxygen atoms in total. The van der Waals surface area contributed by atoms with Gasteiger partial charge in [-0.1, -0.05) is 38.0 Å². The van der Waals surface area contributed by atoms with Crippen LogP contribution in [0.4, 0.5) is 0 Å². The maximum Gasteiger partial charge on any atom is 0.328 e. The molecule has 2 aliphatic carbocycles. The SMILES string of the molecule is CC1=CCC[C@@H]2[C@@](C)(CC/C(C)=C\C(=O)O)[C@H](C)CC[C@@]12C. The Morgan fingerprint density at radius 2 is 2.09 bits per heavy atom.